The number of thioether (sulfide) groups is 1. The number of hydrogen-bond acceptors (Lipinski definition) is 8. The minimum absolute atomic E-state index is 0.0300. The molecule has 0 radical (unpaired) electrons. The molecule has 1 aliphatic rings. The summed E-state index contributed by atoms with van der Waals surface area (Å²) in [6, 6.07) is 8.29. The van der Waals surface area contributed by atoms with Crippen LogP contribution in [0.4, 0.5) is 5.95 Å². The molecule has 3 heterocycles. The van der Waals surface area contributed by atoms with Crippen LogP contribution in [0.1, 0.15) is 42.8 Å². The number of aromatic nitrogens is 5. The van der Waals surface area contributed by atoms with Crippen LogP contribution < -0.4 is 4.90 Å². The predicted octanol–water partition coefficient (Wildman–Crippen LogP) is 3.60. The van der Waals surface area contributed by atoms with Crippen molar-refractivity contribution in [3.05, 3.63) is 41.5 Å². The lowest BCUT2D eigenvalue weighted by Gasteiger charge is -2.28. The zero-order valence-electron chi connectivity index (χ0n) is 17.0. The van der Waals surface area contributed by atoms with Gasteiger partial charge in [0.1, 0.15) is 0 Å². The van der Waals surface area contributed by atoms with Crippen molar-refractivity contribution in [1.29, 1.82) is 0 Å². The fourth-order valence-electron chi connectivity index (χ4n) is 3.30. The molecule has 3 aromatic rings. The Morgan fingerprint density at radius 2 is 1.97 bits per heavy atom. The van der Waals surface area contributed by atoms with Crippen LogP contribution in [0.5, 0.6) is 0 Å². The van der Waals surface area contributed by atoms with E-state index >= 15 is 0 Å². The van der Waals surface area contributed by atoms with Gasteiger partial charge in [-0.25, -0.2) is 0 Å². The molecule has 2 aromatic heterocycles. The van der Waals surface area contributed by atoms with Crippen LogP contribution in [0.3, 0.4) is 0 Å². The van der Waals surface area contributed by atoms with Gasteiger partial charge in [-0.05, 0) is 31.9 Å². The lowest BCUT2D eigenvalue weighted by molar-refractivity contribution is 0.122. The highest BCUT2D eigenvalue weighted by atomic mass is 32.2. The molecule has 1 fully saturated rings. The van der Waals surface area contributed by atoms with Crippen molar-refractivity contribution < 1.29 is 9.26 Å². The van der Waals surface area contributed by atoms with Crippen LogP contribution in [-0.2, 0) is 11.2 Å². The number of morpholine rings is 1. The van der Waals surface area contributed by atoms with E-state index in [9.17, 15) is 0 Å². The van der Waals surface area contributed by atoms with Gasteiger partial charge in [-0.3, -0.25) is 4.57 Å². The number of benzene rings is 1. The quantitative estimate of drug-likeness (QED) is 0.543. The number of aryl methyl sites for hydroxylation is 2. The molecule has 0 spiro atoms. The Balaban J connectivity index is 1.67. The highest BCUT2D eigenvalue weighted by Crippen LogP contribution is 2.36. The normalized spacial score (nSPS) is 15.6. The molecule has 1 atom stereocenters. The molecule has 154 valence electrons. The van der Waals surface area contributed by atoms with Gasteiger partial charge in [0.05, 0.1) is 24.2 Å². The fourth-order valence-corrected chi connectivity index (χ4v) is 4.18. The Kier molecular flexibility index (Phi) is 6.15. The van der Waals surface area contributed by atoms with Crippen molar-refractivity contribution in [3.63, 3.8) is 0 Å². The third-order valence-corrected chi connectivity index (χ3v) is 5.88. The molecule has 9 heteroatoms. The summed E-state index contributed by atoms with van der Waals surface area (Å²) >= 11 is 1.58. The number of nitrogens with zero attached hydrogens (tertiary/aromatic N) is 6. The van der Waals surface area contributed by atoms with Gasteiger partial charge >= 0.3 is 0 Å². The molecule has 0 N–H and O–H groups in total. The molecular weight excluding hydrogens is 388 g/mol. The molecule has 0 amide bonds. The van der Waals surface area contributed by atoms with E-state index in [1.165, 1.54) is 5.56 Å². The van der Waals surface area contributed by atoms with Gasteiger partial charge in [-0.2, -0.15) is 4.98 Å². The zero-order valence-corrected chi connectivity index (χ0v) is 17.9. The van der Waals surface area contributed by atoms with Crippen molar-refractivity contribution in [2.24, 2.45) is 0 Å². The lowest BCUT2D eigenvalue weighted by atomic mass is 10.2. The van der Waals surface area contributed by atoms with Crippen LogP contribution in [0.2, 0.25) is 0 Å². The smallest absolute Gasteiger partial charge is 0.239 e. The van der Waals surface area contributed by atoms with Gasteiger partial charge in [0.15, 0.2) is 11.0 Å². The Bertz CT molecular complexity index is 950. The van der Waals surface area contributed by atoms with E-state index in [4.69, 9.17) is 9.26 Å². The molecule has 1 aromatic carbocycles. The third kappa shape index (κ3) is 4.30. The van der Waals surface area contributed by atoms with Crippen molar-refractivity contribution in [1.82, 2.24) is 24.9 Å². The predicted molar refractivity (Wildman–Crippen MR) is 112 cm³/mol. The molecule has 8 nitrogen and oxygen atoms in total. The Morgan fingerprint density at radius 3 is 2.72 bits per heavy atom. The average molecular weight is 415 g/mol. The van der Waals surface area contributed by atoms with E-state index in [0.29, 0.717) is 19.1 Å². The van der Waals surface area contributed by atoms with Crippen molar-refractivity contribution in [3.8, 4) is 5.69 Å². The maximum Gasteiger partial charge on any atom is 0.239 e. The van der Waals surface area contributed by atoms with Crippen LogP contribution in [0.15, 0.2) is 33.9 Å². The van der Waals surface area contributed by atoms with Gasteiger partial charge < -0.3 is 14.2 Å². The molecule has 1 unspecified atom stereocenters. The van der Waals surface area contributed by atoms with Crippen LogP contribution >= 0.6 is 11.8 Å². The second-order valence-electron chi connectivity index (χ2n) is 7.06. The maximum atomic E-state index is 5.51. The lowest BCUT2D eigenvalue weighted by Crippen LogP contribution is -2.38. The second kappa shape index (κ2) is 8.96. The maximum absolute atomic E-state index is 5.51. The van der Waals surface area contributed by atoms with Crippen molar-refractivity contribution in [2.75, 3.05) is 31.2 Å². The van der Waals surface area contributed by atoms with E-state index in [-0.39, 0.29) is 5.25 Å². The summed E-state index contributed by atoms with van der Waals surface area (Å²) in [5, 5.41) is 13.9. The number of ether oxygens (including phenoxy) is 1. The summed E-state index contributed by atoms with van der Waals surface area (Å²) in [6.45, 7) is 9.25. The zero-order chi connectivity index (χ0) is 20.2. The van der Waals surface area contributed by atoms with Crippen molar-refractivity contribution >= 4 is 17.7 Å². The number of anilines is 1. The summed E-state index contributed by atoms with van der Waals surface area (Å²) in [5.74, 6) is 2.21. The summed E-state index contributed by atoms with van der Waals surface area (Å²) in [6.07, 6.45) is 1.81. The average Bonchev–Trinajstić information content (AvgIpc) is 3.37. The largest absolute Gasteiger partial charge is 0.378 e. The number of rotatable bonds is 7. The first-order valence-corrected chi connectivity index (χ1v) is 10.9. The molecule has 0 bridgehead atoms. The molecule has 1 aliphatic heterocycles. The molecule has 0 aliphatic carbocycles. The number of hydrogen-bond donors (Lipinski definition) is 0. The van der Waals surface area contributed by atoms with Crippen LogP contribution in [-0.4, -0.2) is 51.2 Å². The van der Waals surface area contributed by atoms with Gasteiger partial charge in [0, 0.05) is 19.5 Å². The molecule has 0 saturated carbocycles. The monoisotopic (exact) mass is 414 g/mol. The highest BCUT2D eigenvalue weighted by Gasteiger charge is 2.25. The SMILES string of the molecule is CCCc1noc(C(C)Sc2nnc(N3CCOCC3)n2-c2ccccc2C)n1. The summed E-state index contributed by atoms with van der Waals surface area (Å²) in [4.78, 5) is 6.76. The van der Waals surface area contributed by atoms with Gasteiger partial charge in [0.2, 0.25) is 11.8 Å². The fraction of sp³-hybridized carbons (Fsp3) is 0.500. The number of para-hydroxylation sites is 1. The molecule has 29 heavy (non-hydrogen) atoms. The Labute approximate surface area is 174 Å². The summed E-state index contributed by atoms with van der Waals surface area (Å²) in [7, 11) is 0. The standard InChI is InChI=1S/C20H26N6O2S/c1-4-7-17-21-18(28-24-17)15(3)29-20-23-22-19(25-10-12-27-13-11-25)26(20)16-9-6-5-8-14(16)2/h5-6,8-9,15H,4,7,10-13H2,1-3H3. The van der Waals surface area contributed by atoms with E-state index in [2.05, 4.69) is 62.7 Å². The summed E-state index contributed by atoms with van der Waals surface area (Å²) < 4.78 is 13.1. The second-order valence-corrected chi connectivity index (χ2v) is 8.37. The first-order valence-electron chi connectivity index (χ1n) is 10.0. The van der Waals surface area contributed by atoms with Gasteiger partial charge in [-0.1, -0.05) is 42.0 Å². The molecular formula is C20H26N6O2S. The molecule has 4 rings (SSSR count). The third-order valence-electron chi connectivity index (χ3n) is 4.85. The van der Waals surface area contributed by atoms with Gasteiger partial charge in [-0.15, -0.1) is 10.2 Å². The topological polar surface area (TPSA) is 82.1 Å². The van der Waals surface area contributed by atoms with Gasteiger partial charge in [0.25, 0.3) is 0 Å². The summed E-state index contributed by atoms with van der Waals surface area (Å²) in [5.41, 5.74) is 2.24. The van der Waals surface area contributed by atoms with Crippen LogP contribution in [0, 0.1) is 6.92 Å². The Morgan fingerprint density at radius 1 is 1.17 bits per heavy atom. The van der Waals surface area contributed by atoms with Crippen molar-refractivity contribution in [2.45, 2.75) is 44.0 Å². The van der Waals surface area contributed by atoms with E-state index < -0.39 is 0 Å². The van der Waals surface area contributed by atoms with E-state index in [1.54, 1.807) is 11.8 Å². The minimum atomic E-state index is -0.0300. The Hall–Kier alpha value is -2.39. The van der Waals surface area contributed by atoms with E-state index in [1.807, 2.05) is 12.1 Å². The molecule has 1 saturated heterocycles. The van der Waals surface area contributed by atoms with Crippen LogP contribution in [0.25, 0.3) is 5.69 Å². The van der Waals surface area contributed by atoms with E-state index in [0.717, 1.165) is 48.5 Å². The highest BCUT2D eigenvalue weighted by molar-refractivity contribution is 7.99. The first kappa shape index (κ1) is 19.9. The minimum Gasteiger partial charge on any atom is -0.378 e. The first-order chi connectivity index (χ1) is 14.2.